The number of ether oxygens (including phenoxy) is 1. The molecule has 0 aliphatic carbocycles. The van der Waals surface area contributed by atoms with E-state index >= 15 is 0 Å². The number of aliphatic imine (C=N–C) groups is 1. The Morgan fingerprint density at radius 1 is 0.932 bits per heavy atom. The zero-order valence-corrected chi connectivity index (χ0v) is 26.8. The number of nitrogens with zero attached hydrogens (tertiary/aromatic N) is 3. The first-order chi connectivity index (χ1) is 21.3. The first-order valence-electron chi connectivity index (χ1n) is 14.4. The standard InChI is InChI=1S/C34H34N4O4S2/c1-5-35-28-17-16-27(22(2)39)20-29(28)36-34-38(21-25-12-8-6-9-13-25)32(41)31(44-34)33-37(18-19-42-24(4)40)30(23(3)43-33)26-14-10-7-11-15-26/h6-17,20,35H,5,18-19,21H2,1-4H3. The van der Waals surface area contributed by atoms with Crippen LogP contribution >= 0.6 is 23.5 Å². The van der Waals surface area contributed by atoms with Crippen molar-refractivity contribution in [1.29, 1.82) is 0 Å². The molecule has 226 valence electrons. The van der Waals surface area contributed by atoms with Crippen molar-refractivity contribution in [3.05, 3.63) is 110 Å². The molecule has 0 spiro atoms. The Kier molecular flexibility index (Phi) is 9.92. The zero-order chi connectivity index (χ0) is 31.2. The van der Waals surface area contributed by atoms with E-state index in [1.165, 1.54) is 37.4 Å². The number of anilines is 1. The van der Waals surface area contributed by atoms with Crippen LogP contribution in [0.3, 0.4) is 0 Å². The first-order valence-corrected chi connectivity index (χ1v) is 16.0. The van der Waals surface area contributed by atoms with Crippen molar-refractivity contribution in [3.63, 3.8) is 0 Å². The quantitative estimate of drug-likeness (QED) is 0.143. The summed E-state index contributed by atoms with van der Waals surface area (Å²) in [5, 5.41) is 4.62. The molecule has 3 aromatic carbocycles. The molecule has 2 aliphatic rings. The molecule has 44 heavy (non-hydrogen) atoms. The highest BCUT2D eigenvalue weighted by molar-refractivity contribution is 8.19. The maximum absolute atomic E-state index is 14.3. The van der Waals surface area contributed by atoms with Crippen molar-refractivity contribution in [2.45, 2.75) is 34.2 Å². The van der Waals surface area contributed by atoms with Crippen LogP contribution in [-0.4, -0.2) is 52.3 Å². The Hall–Kier alpha value is -4.28. The highest BCUT2D eigenvalue weighted by atomic mass is 32.2. The van der Waals surface area contributed by atoms with Gasteiger partial charge in [0.1, 0.15) is 11.5 Å². The molecule has 0 radical (unpaired) electrons. The van der Waals surface area contributed by atoms with Gasteiger partial charge in [0.05, 0.1) is 35.2 Å². The monoisotopic (exact) mass is 626 g/mol. The molecule has 0 unspecified atom stereocenters. The first kappa shape index (κ1) is 31.2. The number of rotatable bonds is 10. The molecule has 10 heteroatoms. The average Bonchev–Trinajstić information content (AvgIpc) is 3.49. The van der Waals surface area contributed by atoms with Crippen LogP contribution < -0.4 is 5.32 Å². The molecule has 8 nitrogen and oxygen atoms in total. The van der Waals surface area contributed by atoms with Crippen LogP contribution in [0.15, 0.2) is 98.7 Å². The lowest BCUT2D eigenvalue weighted by Gasteiger charge is -2.24. The second kappa shape index (κ2) is 14.0. The van der Waals surface area contributed by atoms with Crippen molar-refractivity contribution < 1.29 is 19.1 Å². The third-order valence-electron chi connectivity index (χ3n) is 6.99. The van der Waals surface area contributed by atoms with Gasteiger partial charge in [0.25, 0.3) is 5.91 Å². The summed E-state index contributed by atoms with van der Waals surface area (Å²) in [4.78, 5) is 48.5. The van der Waals surface area contributed by atoms with E-state index in [2.05, 4.69) is 10.2 Å². The van der Waals surface area contributed by atoms with Gasteiger partial charge < -0.3 is 15.0 Å². The van der Waals surface area contributed by atoms with Gasteiger partial charge in [-0.3, -0.25) is 19.3 Å². The highest BCUT2D eigenvalue weighted by Gasteiger charge is 2.40. The van der Waals surface area contributed by atoms with E-state index in [1.54, 1.807) is 17.0 Å². The number of ketones is 1. The maximum Gasteiger partial charge on any atom is 0.302 e. The Balaban J connectivity index is 1.61. The predicted octanol–water partition coefficient (Wildman–Crippen LogP) is 7.25. The number of allylic oxidation sites excluding steroid dienone is 1. The van der Waals surface area contributed by atoms with Crippen LogP contribution in [0.1, 0.15) is 49.2 Å². The number of esters is 1. The second-order valence-electron chi connectivity index (χ2n) is 10.2. The van der Waals surface area contributed by atoms with E-state index in [0.29, 0.717) is 41.0 Å². The van der Waals surface area contributed by atoms with Crippen molar-refractivity contribution in [1.82, 2.24) is 9.80 Å². The van der Waals surface area contributed by atoms with Crippen LogP contribution in [0.4, 0.5) is 11.4 Å². The summed E-state index contributed by atoms with van der Waals surface area (Å²) in [6, 6.07) is 25.2. The summed E-state index contributed by atoms with van der Waals surface area (Å²) in [6.07, 6.45) is 0. The minimum absolute atomic E-state index is 0.0608. The summed E-state index contributed by atoms with van der Waals surface area (Å²) >= 11 is 2.85. The molecule has 5 rings (SSSR count). The summed E-state index contributed by atoms with van der Waals surface area (Å²) in [7, 11) is 0. The van der Waals surface area contributed by atoms with E-state index in [4.69, 9.17) is 9.73 Å². The summed E-state index contributed by atoms with van der Waals surface area (Å²) < 4.78 is 5.33. The van der Waals surface area contributed by atoms with E-state index in [9.17, 15) is 14.4 Å². The van der Waals surface area contributed by atoms with Crippen molar-refractivity contribution in [2.24, 2.45) is 4.99 Å². The number of hydrogen-bond acceptors (Lipinski definition) is 9. The molecule has 0 aromatic heterocycles. The molecule has 1 N–H and O–H groups in total. The third kappa shape index (κ3) is 6.92. The average molecular weight is 627 g/mol. The van der Waals surface area contributed by atoms with E-state index < -0.39 is 0 Å². The van der Waals surface area contributed by atoms with E-state index in [-0.39, 0.29) is 24.3 Å². The van der Waals surface area contributed by atoms with Crippen LogP contribution in [0.5, 0.6) is 0 Å². The number of carbonyl (C=O) groups is 3. The second-order valence-corrected chi connectivity index (χ2v) is 12.4. The SMILES string of the molecule is CCNc1ccc(C(C)=O)cc1N=C1SC(=C2SC(C)=C(c3ccccc3)N2CCOC(C)=O)C(=O)N1Cc1ccccc1. The lowest BCUT2D eigenvalue weighted by atomic mass is 10.1. The molecule has 1 fully saturated rings. The number of carbonyl (C=O) groups excluding carboxylic acids is 3. The van der Waals surface area contributed by atoms with Gasteiger partial charge in [-0.1, -0.05) is 72.4 Å². The Labute approximate surface area is 266 Å². The highest BCUT2D eigenvalue weighted by Crippen LogP contribution is 2.50. The van der Waals surface area contributed by atoms with Gasteiger partial charge in [0, 0.05) is 23.9 Å². The van der Waals surface area contributed by atoms with Gasteiger partial charge in [-0.15, -0.1) is 0 Å². The summed E-state index contributed by atoms with van der Waals surface area (Å²) in [5.74, 6) is -0.575. The van der Waals surface area contributed by atoms with Gasteiger partial charge in [-0.05, 0) is 61.9 Å². The lowest BCUT2D eigenvalue weighted by Crippen LogP contribution is -2.30. The fraction of sp³-hybridized carbons (Fsp3) is 0.235. The molecular weight excluding hydrogens is 593 g/mol. The van der Waals surface area contributed by atoms with Gasteiger partial charge in [0.15, 0.2) is 11.0 Å². The van der Waals surface area contributed by atoms with Crippen molar-refractivity contribution >= 4 is 63.4 Å². The number of benzene rings is 3. The van der Waals surface area contributed by atoms with Crippen LogP contribution in [-0.2, 0) is 20.9 Å². The molecule has 0 atom stereocenters. The molecule has 1 amide bonds. The maximum atomic E-state index is 14.3. The molecule has 0 saturated carbocycles. The minimum atomic E-state index is -0.355. The van der Waals surface area contributed by atoms with Gasteiger partial charge in [-0.25, -0.2) is 4.99 Å². The zero-order valence-electron chi connectivity index (χ0n) is 25.1. The molecule has 3 aromatic rings. The fourth-order valence-electron chi connectivity index (χ4n) is 4.97. The largest absolute Gasteiger partial charge is 0.464 e. The number of amides is 1. The van der Waals surface area contributed by atoms with Crippen LogP contribution in [0.2, 0.25) is 0 Å². The number of amidine groups is 1. The van der Waals surface area contributed by atoms with Crippen LogP contribution in [0, 0.1) is 0 Å². The fourth-order valence-corrected chi connectivity index (χ4v) is 7.28. The number of nitrogens with one attached hydrogen (secondary N) is 1. The lowest BCUT2D eigenvalue weighted by molar-refractivity contribution is -0.141. The van der Waals surface area contributed by atoms with Gasteiger partial charge in [-0.2, -0.15) is 0 Å². The van der Waals surface area contributed by atoms with Gasteiger partial charge >= 0.3 is 5.97 Å². The topological polar surface area (TPSA) is 91.3 Å². The third-order valence-corrected chi connectivity index (χ3v) is 9.31. The smallest absolute Gasteiger partial charge is 0.302 e. The number of thioether (sulfide) groups is 2. The molecule has 0 bridgehead atoms. The Bertz CT molecular complexity index is 1670. The molecule has 2 heterocycles. The molecule has 1 saturated heterocycles. The predicted molar refractivity (Wildman–Crippen MR) is 179 cm³/mol. The Morgan fingerprint density at radius 2 is 1.64 bits per heavy atom. The normalized spacial score (nSPS) is 17.5. The summed E-state index contributed by atoms with van der Waals surface area (Å²) in [5.41, 5.74) is 4.86. The molecular formula is C34H34N4O4S2. The van der Waals surface area contributed by atoms with Crippen molar-refractivity contribution in [2.75, 3.05) is 25.0 Å². The van der Waals surface area contributed by atoms with Crippen molar-refractivity contribution in [3.8, 4) is 0 Å². The summed E-state index contributed by atoms with van der Waals surface area (Å²) in [6.45, 7) is 8.52. The van der Waals surface area contributed by atoms with Crippen LogP contribution in [0.25, 0.3) is 5.70 Å². The number of hydrogen-bond donors (Lipinski definition) is 1. The van der Waals surface area contributed by atoms with E-state index in [1.807, 2.05) is 80.6 Å². The van der Waals surface area contributed by atoms with E-state index in [0.717, 1.165) is 32.4 Å². The van der Waals surface area contributed by atoms with Gasteiger partial charge in [0.2, 0.25) is 0 Å². The molecule has 2 aliphatic heterocycles. The number of Topliss-reactive ketones (excluding diaryl/α,β-unsaturated/α-hetero) is 1. The Morgan fingerprint density at radius 3 is 2.30 bits per heavy atom. The minimum Gasteiger partial charge on any atom is -0.464 e.